The van der Waals surface area contributed by atoms with Crippen molar-refractivity contribution in [2.45, 2.75) is 62.7 Å². The van der Waals surface area contributed by atoms with Gasteiger partial charge in [0.05, 0.1) is 46.0 Å². The van der Waals surface area contributed by atoms with Crippen molar-refractivity contribution in [3.05, 3.63) is 113 Å². The highest BCUT2D eigenvalue weighted by molar-refractivity contribution is 6.91. The summed E-state index contributed by atoms with van der Waals surface area (Å²) in [6.45, 7) is 6.87. The summed E-state index contributed by atoms with van der Waals surface area (Å²) in [6, 6.07) is 27.9. The van der Waals surface area contributed by atoms with Gasteiger partial charge in [-0.05, 0) is 77.7 Å². The van der Waals surface area contributed by atoms with Crippen LogP contribution >= 0.6 is 0 Å². The Kier molecular flexibility index (Phi) is 9.22. The number of anilines is 3. The second-order valence-corrected chi connectivity index (χ2v) is 19.6. The standard InChI is InChI=1S/C41H46N4O6Si/c1-25-38(52(4,5)33-17-15-32(50-3)16-18-33)36(22-37(47)45-23-28-9-7-6-8-27(28)20-31(45)24-46)51-41(25)34-21-30(14-19-35(34)44(2)40(41)49)43-39(48)26-10-12-29(42)13-11-26/h6-19,21,25,31,36,38,46H,20,22-24,42H2,1-5H3,(H,43,48)/t25-,31+,36+,38-,41+/m1/s1. The number of ether oxygens (including phenoxy) is 2. The van der Waals surface area contributed by atoms with E-state index in [0.717, 1.165) is 22.1 Å². The quantitative estimate of drug-likeness (QED) is 0.171. The van der Waals surface area contributed by atoms with Gasteiger partial charge in [-0.1, -0.05) is 61.6 Å². The zero-order valence-electron chi connectivity index (χ0n) is 30.3. The molecule has 4 N–H and O–H groups in total. The van der Waals surface area contributed by atoms with Gasteiger partial charge in [0, 0.05) is 42.0 Å². The molecule has 5 atom stereocenters. The molecular weight excluding hydrogens is 673 g/mol. The Hall–Kier alpha value is -4.97. The Morgan fingerprint density at radius 1 is 1.02 bits per heavy atom. The maximum Gasteiger partial charge on any atom is 0.264 e. The highest BCUT2D eigenvalue weighted by Crippen LogP contribution is 2.60. The monoisotopic (exact) mass is 718 g/mol. The zero-order valence-corrected chi connectivity index (χ0v) is 31.3. The number of likely N-dealkylation sites (N-methyl/N-ethyl adjacent to an activating group) is 1. The van der Waals surface area contributed by atoms with Crippen molar-refractivity contribution in [1.82, 2.24) is 4.90 Å². The van der Waals surface area contributed by atoms with Crippen molar-refractivity contribution in [2.24, 2.45) is 5.92 Å². The molecule has 0 aliphatic carbocycles. The minimum absolute atomic E-state index is 0.0574. The molecule has 270 valence electrons. The van der Waals surface area contributed by atoms with Crippen molar-refractivity contribution >= 4 is 48.0 Å². The molecule has 3 aliphatic heterocycles. The molecule has 3 aliphatic rings. The number of methoxy groups -OCH3 is 1. The summed E-state index contributed by atoms with van der Waals surface area (Å²) in [4.78, 5) is 45.7. The second kappa shape index (κ2) is 13.5. The minimum atomic E-state index is -2.51. The molecule has 0 saturated carbocycles. The lowest BCUT2D eigenvalue weighted by molar-refractivity contribution is -0.150. The number of nitrogens with one attached hydrogen (secondary N) is 1. The van der Waals surface area contributed by atoms with E-state index in [2.05, 4.69) is 43.5 Å². The predicted molar refractivity (Wildman–Crippen MR) is 204 cm³/mol. The summed E-state index contributed by atoms with van der Waals surface area (Å²) >= 11 is 0. The fourth-order valence-corrected chi connectivity index (χ4v) is 12.9. The molecule has 1 spiro atoms. The maximum atomic E-state index is 14.6. The van der Waals surface area contributed by atoms with Crippen LogP contribution in [0.1, 0.15) is 40.4 Å². The van der Waals surface area contributed by atoms with Crippen molar-refractivity contribution < 1.29 is 29.0 Å². The lowest BCUT2D eigenvalue weighted by Gasteiger charge is -2.39. The van der Waals surface area contributed by atoms with E-state index in [1.165, 1.54) is 0 Å². The number of amides is 3. The van der Waals surface area contributed by atoms with E-state index < -0.39 is 19.8 Å². The molecule has 3 amide bonds. The van der Waals surface area contributed by atoms with Gasteiger partial charge in [-0.15, -0.1) is 0 Å². The first-order chi connectivity index (χ1) is 24.9. The molecular formula is C41H46N4O6Si. The number of hydrogen-bond donors (Lipinski definition) is 3. The summed E-state index contributed by atoms with van der Waals surface area (Å²) in [5.41, 5.74) is 9.40. The molecule has 0 aromatic heterocycles. The van der Waals surface area contributed by atoms with Gasteiger partial charge >= 0.3 is 0 Å². The van der Waals surface area contributed by atoms with Gasteiger partial charge < -0.3 is 35.4 Å². The Morgan fingerprint density at radius 3 is 2.38 bits per heavy atom. The molecule has 1 fully saturated rings. The van der Waals surface area contributed by atoms with Gasteiger partial charge in [0.2, 0.25) is 5.91 Å². The van der Waals surface area contributed by atoms with E-state index in [4.69, 9.17) is 15.2 Å². The van der Waals surface area contributed by atoms with Gasteiger partial charge in [0.1, 0.15) is 5.75 Å². The van der Waals surface area contributed by atoms with E-state index >= 15 is 0 Å². The predicted octanol–water partition coefficient (Wildman–Crippen LogP) is 5.06. The van der Waals surface area contributed by atoms with Crippen molar-refractivity contribution in [1.29, 1.82) is 0 Å². The molecule has 0 radical (unpaired) electrons. The first-order valence-electron chi connectivity index (χ1n) is 17.8. The van der Waals surface area contributed by atoms with E-state index in [-0.39, 0.29) is 48.3 Å². The van der Waals surface area contributed by atoms with Gasteiger partial charge in [0.15, 0.2) is 5.60 Å². The van der Waals surface area contributed by atoms with Crippen LogP contribution in [0.25, 0.3) is 0 Å². The molecule has 11 heteroatoms. The number of aliphatic hydroxyl groups excluding tert-OH is 1. The number of carbonyl (C=O) groups is 3. The van der Waals surface area contributed by atoms with Crippen LogP contribution < -0.4 is 25.9 Å². The van der Waals surface area contributed by atoms with Gasteiger partial charge in [0.25, 0.3) is 11.8 Å². The number of hydrogen-bond acceptors (Lipinski definition) is 7. The van der Waals surface area contributed by atoms with Crippen molar-refractivity contribution in [2.75, 3.05) is 36.7 Å². The highest BCUT2D eigenvalue weighted by Gasteiger charge is 2.66. The number of fused-ring (bicyclic) bond motifs is 3. The zero-order chi connectivity index (χ0) is 36.9. The first kappa shape index (κ1) is 35.4. The average Bonchev–Trinajstić information content (AvgIpc) is 3.56. The van der Waals surface area contributed by atoms with Gasteiger partial charge in [-0.3, -0.25) is 14.4 Å². The van der Waals surface area contributed by atoms with Crippen LogP contribution in [0.2, 0.25) is 18.6 Å². The number of nitrogens with zero attached hydrogens (tertiary/aromatic N) is 2. The van der Waals surface area contributed by atoms with E-state index in [9.17, 15) is 19.5 Å². The van der Waals surface area contributed by atoms with Crippen LogP contribution in [-0.2, 0) is 32.9 Å². The van der Waals surface area contributed by atoms with E-state index in [1.54, 1.807) is 54.3 Å². The van der Waals surface area contributed by atoms with Crippen molar-refractivity contribution in [3.8, 4) is 5.75 Å². The number of carbonyl (C=O) groups excluding carboxylic acids is 3. The largest absolute Gasteiger partial charge is 0.497 e. The Labute approximate surface area is 305 Å². The molecule has 1 saturated heterocycles. The highest BCUT2D eigenvalue weighted by atomic mass is 28.3. The summed E-state index contributed by atoms with van der Waals surface area (Å²) in [5.74, 6) is -0.192. The molecule has 3 heterocycles. The smallest absolute Gasteiger partial charge is 0.264 e. The third kappa shape index (κ3) is 5.86. The number of nitrogen functional groups attached to an aromatic ring is 1. The molecule has 4 aromatic carbocycles. The van der Waals surface area contributed by atoms with Crippen LogP contribution in [0, 0.1) is 5.92 Å². The first-order valence-corrected chi connectivity index (χ1v) is 20.9. The fraction of sp³-hybridized carbons (Fsp3) is 0.341. The number of aliphatic hydroxyl groups is 1. The summed E-state index contributed by atoms with van der Waals surface area (Å²) in [5, 5.41) is 14.6. The van der Waals surface area contributed by atoms with Gasteiger partial charge in [-0.2, -0.15) is 0 Å². The van der Waals surface area contributed by atoms with Crippen LogP contribution in [0.4, 0.5) is 17.1 Å². The number of rotatable bonds is 8. The minimum Gasteiger partial charge on any atom is -0.497 e. The van der Waals surface area contributed by atoms with Crippen LogP contribution in [0.15, 0.2) is 91.0 Å². The maximum absolute atomic E-state index is 14.6. The summed E-state index contributed by atoms with van der Waals surface area (Å²) in [6.07, 6.45) is 0.0301. The molecule has 0 unspecified atom stereocenters. The molecule has 7 rings (SSSR count). The van der Waals surface area contributed by atoms with Crippen LogP contribution in [-0.4, -0.2) is 68.7 Å². The summed E-state index contributed by atoms with van der Waals surface area (Å²) < 4.78 is 12.6. The Balaban J connectivity index is 1.28. The lowest BCUT2D eigenvalue weighted by Crippen LogP contribution is -2.52. The van der Waals surface area contributed by atoms with Crippen LogP contribution in [0.3, 0.4) is 0 Å². The molecule has 52 heavy (non-hydrogen) atoms. The number of nitrogens with two attached hydrogens (primary N) is 1. The fourth-order valence-electron chi connectivity index (χ4n) is 8.87. The van der Waals surface area contributed by atoms with Crippen LogP contribution in [0.5, 0.6) is 5.75 Å². The molecule has 0 bridgehead atoms. The third-order valence-electron chi connectivity index (χ3n) is 11.7. The topological polar surface area (TPSA) is 134 Å². The normalized spacial score (nSPS) is 23.8. The van der Waals surface area contributed by atoms with E-state index in [0.29, 0.717) is 41.2 Å². The van der Waals surface area contributed by atoms with Crippen molar-refractivity contribution in [3.63, 3.8) is 0 Å². The average molecular weight is 719 g/mol. The van der Waals surface area contributed by atoms with Gasteiger partial charge in [-0.25, -0.2) is 0 Å². The third-order valence-corrected chi connectivity index (χ3v) is 16.0. The number of benzene rings is 4. The second-order valence-electron chi connectivity index (χ2n) is 14.9. The molecule has 4 aromatic rings. The Morgan fingerprint density at radius 2 is 1.71 bits per heavy atom. The summed E-state index contributed by atoms with van der Waals surface area (Å²) in [7, 11) is 0.871. The SMILES string of the molecule is COc1ccc([Si](C)(C)[C@H]2[C@H](CC(=O)N3Cc4ccccc4C[C@H]3CO)O[C@@]3(C(=O)N(C)c4ccc(NC(=O)c5ccc(N)cc5)cc43)[C@@H]2C)cc1. The Bertz CT molecular complexity index is 2020. The van der Waals surface area contributed by atoms with E-state index in [1.807, 2.05) is 42.5 Å². The molecule has 10 nitrogen and oxygen atoms in total. The lowest BCUT2D eigenvalue weighted by atomic mass is 9.82.